The summed E-state index contributed by atoms with van der Waals surface area (Å²) >= 11 is 1.80. The van der Waals surface area contributed by atoms with Crippen LogP contribution in [0.2, 0.25) is 0 Å². The average Bonchev–Trinajstić information content (AvgIpc) is 2.96. The van der Waals surface area contributed by atoms with Gasteiger partial charge in [-0.25, -0.2) is 4.98 Å². The third-order valence-corrected chi connectivity index (χ3v) is 4.04. The lowest BCUT2D eigenvalue weighted by Crippen LogP contribution is -2.28. The molecule has 1 aromatic rings. The van der Waals surface area contributed by atoms with Gasteiger partial charge in [0.1, 0.15) is 0 Å². The molecule has 0 amide bonds. The number of thiazole rings is 1. The number of rotatable bonds is 7. The molecule has 0 aromatic carbocycles. The Morgan fingerprint density at radius 2 is 2.38 bits per heavy atom. The minimum absolute atomic E-state index is 0.256. The highest BCUT2D eigenvalue weighted by Crippen LogP contribution is 2.30. The van der Waals surface area contributed by atoms with Crippen LogP contribution in [0.5, 0.6) is 0 Å². The SMILES string of the molecule is CCc1ncc(CN(CCO)CC2CC2)s1. The first kappa shape index (κ1) is 12.0. The molecule has 16 heavy (non-hydrogen) atoms. The first-order valence-electron chi connectivity index (χ1n) is 6.08. The molecule has 4 heteroatoms. The summed E-state index contributed by atoms with van der Waals surface area (Å²) in [6.07, 6.45) is 5.74. The van der Waals surface area contributed by atoms with Crippen molar-refractivity contribution in [3.63, 3.8) is 0 Å². The van der Waals surface area contributed by atoms with E-state index >= 15 is 0 Å². The summed E-state index contributed by atoms with van der Waals surface area (Å²) in [5, 5.41) is 10.3. The van der Waals surface area contributed by atoms with Gasteiger partial charge in [0.05, 0.1) is 11.6 Å². The van der Waals surface area contributed by atoms with E-state index in [1.165, 1.54) is 22.7 Å². The molecular weight excluding hydrogens is 220 g/mol. The molecule has 0 bridgehead atoms. The van der Waals surface area contributed by atoms with Gasteiger partial charge < -0.3 is 5.11 Å². The highest BCUT2D eigenvalue weighted by Gasteiger charge is 2.24. The number of hydrogen-bond acceptors (Lipinski definition) is 4. The van der Waals surface area contributed by atoms with Crippen molar-refractivity contribution in [3.05, 3.63) is 16.1 Å². The van der Waals surface area contributed by atoms with Gasteiger partial charge in [-0.1, -0.05) is 6.92 Å². The fourth-order valence-electron chi connectivity index (χ4n) is 1.85. The van der Waals surface area contributed by atoms with Crippen LogP contribution in [0.3, 0.4) is 0 Å². The van der Waals surface area contributed by atoms with Crippen molar-refractivity contribution in [2.75, 3.05) is 19.7 Å². The quantitative estimate of drug-likeness (QED) is 0.791. The van der Waals surface area contributed by atoms with Crippen LogP contribution in [-0.2, 0) is 13.0 Å². The predicted octanol–water partition coefficient (Wildman–Crippen LogP) is 1.91. The van der Waals surface area contributed by atoms with Crippen molar-refractivity contribution in [3.8, 4) is 0 Å². The first-order valence-corrected chi connectivity index (χ1v) is 6.90. The minimum atomic E-state index is 0.256. The Morgan fingerprint density at radius 3 is 2.94 bits per heavy atom. The van der Waals surface area contributed by atoms with Crippen molar-refractivity contribution in [1.82, 2.24) is 9.88 Å². The van der Waals surface area contributed by atoms with Crippen LogP contribution >= 0.6 is 11.3 Å². The fraction of sp³-hybridized carbons (Fsp3) is 0.750. The normalized spacial score (nSPS) is 15.9. The minimum Gasteiger partial charge on any atom is -0.395 e. The topological polar surface area (TPSA) is 36.4 Å². The molecule has 1 aromatic heterocycles. The van der Waals surface area contributed by atoms with E-state index in [4.69, 9.17) is 5.11 Å². The number of aryl methyl sites for hydroxylation is 1. The molecule has 1 saturated carbocycles. The Kier molecular flexibility index (Phi) is 4.32. The van der Waals surface area contributed by atoms with Crippen LogP contribution in [0.1, 0.15) is 29.7 Å². The van der Waals surface area contributed by atoms with Crippen LogP contribution < -0.4 is 0 Å². The van der Waals surface area contributed by atoms with Gasteiger partial charge >= 0.3 is 0 Å². The lowest BCUT2D eigenvalue weighted by molar-refractivity contribution is 0.186. The number of aromatic nitrogens is 1. The smallest absolute Gasteiger partial charge is 0.0925 e. The maximum atomic E-state index is 9.05. The maximum absolute atomic E-state index is 9.05. The average molecular weight is 240 g/mol. The maximum Gasteiger partial charge on any atom is 0.0925 e. The second-order valence-electron chi connectivity index (χ2n) is 4.48. The van der Waals surface area contributed by atoms with Crippen LogP contribution in [0, 0.1) is 5.92 Å². The standard InChI is InChI=1S/C12H20N2OS/c1-2-12-13-7-11(16-12)9-14(5-6-15)8-10-3-4-10/h7,10,15H,2-6,8-9H2,1H3. The van der Waals surface area contributed by atoms with Crippen LogP contribution in [0.15, 0.2) is 6.20 Å². The van der Waals surface area contributed by atoms with Crippen LogP contribution in [0.4, 0.5) is 0 Å². The van der Waals surface area contributed by atoms with Gasteiger partial charge in [-0.15, -0.1) is 11.3 Å². The highest BCUT2D eigenvalue weighted by atomic mass is 32.1. The first-order chi connectivity index (χ1) is 7.81. The zero-order valence-corrected chi connectivity index (χ0v) is 10.7. The van der Waals surface area contributed by atoms with Crippen molar-refractivity contribution in [2.24, 2.45) is 5.92 Å². The van der Waals surface area contributed by atoms with E-state index in [1.807, 2.05) is 6.20 Å². The van der Waals surface area contributed by atoms with Crippen LogP contribution in [0.25, 0.3) is 0 Å². The molecule has 0 atom stereocenters. The molecule has 3 nitrogen and oxygen atoms in total. The van der Waals surface area contributed by atoms with Gasteiger partial charge in [0.15, 0.2) is 0 Å². The zero-order valence-electron chi connectivity index (χ0n) is 9.85. The summed E-state index contributed by atoms with van der Waals surface area (Å²) in [4.78, 5) is 8.05. The van der Waals surface area contributed by atoms with E-state index in [0.717, 1.165) is 32.0 Å². The fourth-order valence-corrected chi connectivity index (χ4v) is 2.75. The third kappa shape index (κ3) is 3.54. The summed E-state index contributed by atoms with van der Waals surface area (Å²) in [6.45, 7) is 5.27. The van der Waals surface area contributed by atoms with E-state index in [1.54, 1.807) is 11.3 Å². The molecule has 1 N–H and O–H groups in total. The lowest BCUT2D eigenvalue weighted by Gasteiger charge is -2.19. The number of hydrogen-bond donors (Lipinski definition) is 1. The molecule has 2 rings (SSSR count). The molecule has 0 radical (unpaired) electrons. The summed E-state index contributed by atoms with van der Waals surface area (Å²) in [6, 6.07) is 0. The third-order valence-electron chi connectivity index (χ3n) is 2.91. The van der Waals surface area contributed by atoms with Gasteiger partial charge in [-0.3, -0.25) is 4.90 Å². The molecule has 1 fully saturated rings. The summed E-state index contributed by atoms with van der Waals surface area (Å²) < 4.78 is 0. The molecule has 0 saturated heterocycles. The predicted molar refractivity (Wildman–Crippen MR) is 66.6 cm³/mol. The lowest BCUT2D eigenvalue weighted by atomic mass is 10.3. The van der Waals surface area contributed by atoms with Crippen molar-refractivity contribution < 1.29 is 5.11 Å². The Bertz CT molecular complexity index is 323. The summed E-state index contributed by atoms with van der Waals surface area (Å²) in [5.41, 5.74) is 0. The summed E-state index contributed by atoms with van der Waals surface area (Å²) in [5.74, 6) is 0.880. The number of nitrogens with zero attached hydrogens (tertiary/aromatic N) is 2. The van der Waals surface area contributed by atoms with Gasteiger partial charge in [0.2, 0.25) is 0 Å². The Morgan fingerprint density at radius 1 is 1.56 bits per heavy atom. The molecule has 0 spiro atoms. The van der Waals surface area contributed by atoms with Crippen molar-refractivity contribution in [2.45, 2.75) is 32.7 Å². The summed E-state index contributed by atoms with van der Waals surface area (Å²) in [7, 11) is 0. The van der Waals surface area contributed by atoms with Crippen molar-refractivity contribution >= 4 is 11.3 Å². The van der Waals surface area contributed by atoms with E-state index in [-0.39, 0.29) is 6.61 Å². The molecule has 1 heterocycles. The monoisotopic (exact) mass is 240 g/mol. The molecule has 0 aliphatic heterocycles. The molecule has 1 aliphatic carbocycles. The van der Waals surface area contributed by atoms with E-state index in [0.29, 0.717) is 0 Å². The zero-order chi connectivity index (χ0) is 11.4. The van der Waals surface area contributed by atoms with Gasteiger partial charge in [0, 0.05) is 30.7 Å². The van der Waals surface area contributed by atoms with Gasteiger partial charge in [-0.05, 0) is 25.2 Å². The molecular formula is C12H20N2OS. The molecule has 1 aliphatic rings. The Labute approximate surface area is 101 Å². The van der Waals surface area contributed by atoms with E-state index in [2.05, 4.69) is 16.8 Å². The Balaban J connectivity index is 1.87. The highest BCUT2D eigenvalue weighted by molar-refractivity contribution is 7.11. The van der Waals surface area contributed by atoms with E-state index < -0.39 is 0 Å². The van der Waals surface area contributed by atoms with Gasteiger partial charge in [-0.2, -0.15) is 0 Å². The van der Waals surface area contributed by atoms with Crippen LogP contribution in [-0.4, -0.2) is 34.7 Å². The second-order valence-corrected chi connectivity index (χ2v) is 5.68. The van der Waals surface area contributed by atoms with Crippen molar-refractivity contribution in [1.29, 1.82) is 0 Å². The largest absolute Gasteiger partial charge is 0.395 e. The number of aliphatic hydroxyl groups excluding tert-OH is 1. The Hall–Kier alpha value is -0.450. The van der Waals surface area contributed by atoms with Gasteiger partial charge in [0.25, 0.3) is 0 Å². The van der Waals surface area contributed by atoms with E-state index in [9.17, 15) is 0 Å². The second kappa shape index (κ2) is 5.75. The molecule has 90 valence electrons. The molecule has 0 unspecified atom stereocenters. The number of aliphatic hydroxyl groups is 1.